The van der Waals surface area contributed by atoms with E-state index in [0.717, 1.165) is 29.3 Å². The van der Waals surface area contributed by atoms with Gasteiger partial charge in [0.15, 0.2) is 0 Å². The van der Waals surface area contributed by atoms with Gasteiger partial charge in [-0.25, -0.2) is 4.99 Å². The number of hydrogen-bond donors (Lipinski definition) is 1. The molecule has 0 unspecified atom stereocenters. The molecular weight excluding hydrogens is 364 g/mol. The minimum Gasteiger partial charge on any atom is -0.494 e. The van der Waals surface area contributed by atoms with Crippen LogP contribution < -0.4 is 4.74 Å². The van der Waals surface area contributed by atoms with Crippen LogP contribution in [0.3, 0.4) is 0 Å². The van der Waals surface area contributed by atoms with Crippen molar-refractivity contribution in [1.29, 1.82) is 0 Å². The third kappa shape index (κ3) is 4.83. The molecule has 0 aromatic heterocycles. The summed E-state index contributed by atoms with van der Waals surface area (Å²) in [5, 5.41) is 0. The summed E-state index contributed by atoms with van der Waals surface area (Å²) in [6.07, 6.45) is 0.926. The summed E-state index contributed by atoms with van der Waals surface area (Å²) in [6.45, 7) is 4.05. The quantitative estimate of drug-likeness (QED) is 0.456. The van der Waals surface area contributed by atoms with Gasteiger partial charge in [0.25, 0.3) is 0 Å². The average Bonchev–Trinajstić information content (AvgIpc) is 2.66. The molecule has 136 valence electrons. The predicted molar refractivity (Wildman–Crippen MR) is 111 cm³/mol. The highest BCUT2D eigenvalue weighted by Gasteiger charge is 2.19. The Morgan fingerprint density at radius 3 is 2.88 bits per heavy atom. The van der Waals surface area contributed by atoms with Crippen molar-refractivity contribution in [2.24, 2.45) is 4.99 Å². The van der Waals surface area contributed by atoms with Crippen molar-refractivity contribution in [3.05, 3.63) is 53.6 Å². The molecule has 1 aliphatic heterocycles. The first kappa shape index (κ1) is 18.9. The molecular formula is C20H22N2O2S2. The van der Waals surface area contributed by atoms with Crippen LogP contribution >= 0.6 is 24.4 Å². The van der Waals surface area contributed by atoms with Crippen LogP contribution in [0, 0.1) is 0 Å². The molecule has 26 heavy (non-hydrogen) atoms. The summed E-state index contributed by atoms with van der Waals surface area (Å²) in [6, 6.07) is 13.9. The molecule has 0 atom stereocenters. The van der Waals surface area contributed by atoms with E-state index >= 15 is 0 Å². The first-order chi connectivity index (χ1) is 12.7. The fraction of sp³-hybridized carbons (Fsp3) is 0.300. The van der Waals surface area contributed by atoms with E-state index in [1.54, 1.807) is 5.55 Å². The van der Waals surface area contributed by atoms with E-state index in [9.17, 15) is 4.79 Å². The van der Waals surface area contributed by atoms with E-state index in [0.29, 0.717) is 18.9 Å². The normalized spacial score (nSPS) is 13.7. The molecule has 1 heterocycles. The van der Waals surface area contributed by atoms with Crippen LogP contribution in [0.5, 0.6) is 5.75 Å². The molecule has 2 aromatic rings. The van der Waals surface area contributed by atoms with Gasteiger partial charge in [-0.2, -0.15) is 0 Å². The zero-order valence-corrected chi connectivity index (χ0v) is 16.4. The summed E-state index contributed by atoms with van der Waals surface area (Å²) >= 11 is 5.84. The molecule has 0 fully saturated rings. The van der Waals surface area contributed by atoms with Gasteiger partial charge in [-0.15, -0.1) is 24.4 Å². The number of thioether (sulfide) groups is 1. The fourth-order valence-electron chi connectivity index (χ4n) is 2.87. The lowest BCUT2D eigenvalue weighted by Gasteiger charge is -2.28. The number of thiol groups is 1. The summed E-state index contributed by atoms with van der Waals surface area (Å²) < 4.78 is 5.43. The molecule has 0 spiro atoms. The van der Waals surface area contributed by atoms with Crippen molar-refractivity contribution in [3.63, 3.8) is 0 Å². The lowest BCUT2D eigenvalue weighted by atomic mass is 10.00. The topological polar surface area (TPSA) is 41.9 Å². The highest BCUT2D eigenvalue weighted by Crippen LogP contribution is 2.28. The number of ether oxygens (including phenoxy) is 1. The van der Waals surface area contributed by atoms with E-state index in [1.807, 2.05) is 36.1 Å². The minimum absolute atomic E-state index is 0.147. The Kier molecular flexibility index (Phi) is 6.63. The van der Waals surface area contributed by atoms with Crippen molar-refractivity contribution >= 4 is 41.5 Å². The number of carbonyl (C=O) groups is 1. The zero-order chi connectivity index (χ0) is 18.4. The molecule has 0 aliphatic carbocycles. The number of hydrogen-bond acceptors (Lipinski definition) is 5. The SMILES string of the molecule is CCOc1ccc(N=CSCC(=O)N2CCc3ccccc3C2)c(S)c1. The van der Waals surface area contributed by atoms with Gasteiger partial charge in [-0.3, -0.25) is 4.79 Å². The first-order valence-electron chi connectivity index (χ1n) is 8.62. The standard InChI is InChI=1S/C20H22N2O2S2/c1-2-24-17-7-8-18(19(25)11-17)21-14-26-13-20(23)22-10-9-15-5-3-4-6-16(15)12-22/h3-8,11,14,25H,2,9-10,12-13H2,1H3. The molecule has 2 aromatic carbocycles. The van der Waals surface area contributed by atoms with Gasteiger partial charge in [-0.1, -0.05) is 24.3 Å². The Balaban J connectivity index is 1.50. The molecule has 0 radical (unpaired) electrons. The molecule has 3 rings (SSSR count). The number of aliphatic imine (C=N–C) groups is 1. The van der Waals surface area contributed by atoms with Crippen LogP contribution in [0.1, 0.15) is 18.1 Å². The highest BCUT2D eigenvalue weighted by molar-refractivity contribution is 8.12. The van der Waals surface area contributed by atoms with Crippen molar-refractivity contribution in [1.82, 2.24) is 4.90 Å². The van der Waals surface area contributed by atoms with E-state index < -0.39 is 0 Å². The summed E-state index contributed by atoms with van der Waals surface area (Å²) in [7, 11) is 0. The highest BCUT2D eigenvalue weighted by atomic mass is 32.2. The van der Waals surface area contributed by atoms with Crippen molar-refractivity contribution < 1.29 is 9.53 Å². The minimum atomic E-state index is 0.147. The predicted octanol–water partition coefficient (Wildman–Crippen LogP) is 4.35. The van der Waals surface area contributed by atoms with Crippen molar-refractivity contribution in [2.45, 2.75) is 24.8 Å². The summed E-state index contributed by atoms with van der Waals surface area (Å²) in [4.78, 5) is 19.5. The monoisotopic (exact) mass is 386 g/mol. The van der Waals surface area contributed by atoms with Crippen LogP contribution in [0.4, 0.5) is 5.69 Å². The maximum absolute atomic E-state index is 12.4. The van der Waals surface area contributed by atoms with E-state index in [1.165, 1.54) is 22.9 Å². The van der Waals surface area contributed by atoms with Crippen LogP contribution in [0.2, 0.25) is 0 Å². The maximum Gasteiger partial charge on any atom is 0.233 e. The largest absolute Gasteiger partial charge is 0.494 e. The molecule has 0 saturated carbocycles. The smallest absolute Gasteiger partial charge is 0.233 e. The summed E-state index contributed by atoms with van der Waals surface area (Å²) in [5.74, 6) is 1.32. The van der Waals surface area contributed by atoms with Gasteiger partial charge in [0.2, 0.25) is 5.91 Å². The molecule has 6 heteroatoms. The zero-order valence-electron chi connectivity index (χ0n) is 14.7. The second-order valence-electron chi connectivity index (χ2n) is 5.96. The van der Waals surface area contributed by atoms with Crippen LogP contribution in [0.25, 0.3) is 0 Å². The van der Waals surface area contributed by atoms with Gasteiger partial charge in [0.05, 0.1) is 23.6 Å². The number of rotatable bonds is 6. The van der Waals surface area contributed by atoms with Crippen molar-refractivity contribution in [3.8, 4) is 5.75 Å². The Hall–Kier alpha value is -1.92. The molecule has 0 bridgehead atoms. The maximum atomic E-state index is 12.4. The molecule has 0 N–H and O–H groups in total. The third-order valence-corrected chi connectivity index (χ3v) is 5.24. The van der Waals surface area contributed by atoms with Crippen molar-refractivity contribution in [2.75, 3.05) is 18.9 Å². The number of amides is 1. The molecule has 4 nitrogen and oxygen atoms in total. The van der Waals surface area contributed by atoms with E-state index in [4.69, 9.17) is 4.74 Å². The Morgan fingerprint density at radius 1 is 1.31 bits per heavy atom. The Bertz CT molecular complexity index is 808. The number of fused-ring (bicyclic) bond motifs is 1. The lowest BCUT2D eigenvalue weighted by Crippen LogP contribution is -2.37. The molecule has 1 amide bonds. The molecule has 1 aliphatic rings. The fourth-order valence-corrected chi connectivity index (χ4v) is 3.72. The number of carbonyl (C=O) groups excluding carboxylic acids is 1. The van der Waals surface area contributed by atoms with Crippen LogP contribution in [-0.2, 0) is 17.8 Å². The number of nitrogens with zero attached hydrogens (tertiary/aromatic N) is 2. The van der Waals surface area contributed by atoms with E-state index in [-0.39, 0.29) is 5.91 Å². The molecule has 0 saturated heterocycles. The first-order valence-corrected chi connectivity index (χ1v) is 10.1. The van der Waals surface area contributed by atoms with Crippen LogP contribution in [-0.4, -0.2) is 35.3 Å². The third-order valence-electron chi connectivity index (χ3n) is 4.21. The van der Waals surface area contributed by atoms with E-state index in [2.05, 4.69) is 35.8 Å². The number of benzene rings is 2. The summed E-state index contributed by atoms with van der Waals surface area (Å²) in [5.41, 5.74) is 5.08. The Labute approximate surface area is 164 Å². The van der Waals surface area contributed by atoms with Crippen LogP contribution in [0.15, 0.2) is 52.4 Å². The van der Waals surface area contributed by atoms with Gasteiger partial charge in [-0.05, 0) is 42.7 Å². The second kappa shape index (κ2) is 9.14. The van der Waals surface area contributed by atoms with Gasteiger partial charge < -0.3 is 9.64 Å². The van der Waals surface area contributed by atoms with Gasteiger partial charge in [0.1, 0.15) is 5.75 Å². The second-order valence-corrected chi connectivity index (χ2v) is 7.28. The average molecular weight is 387 g/mol. The van der Waals surface area contributed by atoms with Gasteiger partial charge >= 0.3 is 0 Å². The lowest BCUT2D eigenvalue weighted by molar-refractivity contribution is -0.129. The van der Waals surface area contributed by atoms with Gasteiger partial charge in [0, 0.05) is 18.0 Å². The Morgan fingerprint density at radius 2 is 2.12 bits per heavy atom.